The summed E-state index contributed by atoms with van der Waals surface area (Å²) in [5.74, 6) is 1.08. The van der Waals surface area contributed by atoms with Gasteiger partial charge in [-0.05, 0) is 42.8 Å². The lowest BCUT2D eigenvalue weighted by Crippen LogP contribution is -2.17. The molecule has 0 unspecified atom stereocenters. The number of rotatable bonds is 8. The number of nitrogens with one attached hydrogen (secondary N) is 2. The lowest BCUT2D eigenvalue weighted by atomic mass is 10.1. The third-order valence-electron chi connectivity index (χ3n) is 4.87. The number of methoxy groups -OCH3 is 1. The Morgan fingerprint density at radius 1 is 1.22 bits per heavy atom. The molecule has 0 saturated heterocycles. The Morgan fingerprint density at radius 2 is 2.03 bits per heavy atom. The van der Waals surface area contributed by atoms with Crippen molar-refractivity contribution in [1.82, 2.24) is 20.3 Å². The molecule has 0 atom stereocenters. The van der Waals surface area contributed by atoms with Gasteiger partial charge in [0, 0.05) is 43.5 Å². The molecule has 2 heterocycles. The van der Waals surface area contributed by atoms with Gasteiger partial charge in [0.2, 0.25) is 0 Å². The lowest BCUT2D eigenvalue weighted by molar-refractivity contribution is 0.0962. The van der Waals surface area contributed by atoms with Crippen LogP contribution in [0.25, 0.3) is 22.2 Å². The van der Waals surface area contributed by atoms with Crippen LogP contribution >= 0.6 is 0 Å². The van der Waals surface area contributed by atoms with Gasteiger partial charge >= 0.3 is 0 Å². The summed E-state index contributed by atoms with van der Waals surface area (Å²) in [6, 6.07) is 7.35. The van der Waals surface area contributed by atoms with Crippen LogP contribution in [0.2, 0.25) is 0 Å². The predicted octanol–water partition coefficient (Wildman–Crippen LogP) is 3.68. The summed E-state index contributed by atoms with van der Waals surface area (Å²) < 4.78 is 5.57. The zero-order chi connectivity index (χ0) is 23.1. The number of allylic oxidation sites excluding steroid dienone is 1. The predicted molar refractivity (Wildman–Crippen MR) is 129 cm³/mol. The van der Waals surface area contributed by atoms with Gasteiger partial charge in [0.25, 0.3) is 5.91 Å². The molecule has 8 nitrogen and oxygen atoms in total. The normalized spacial score (nSPS) is 11.6. The maximum Gasteiger partial charge on any atom is 0.252 e. The van der Waals surface area contributed by atoms with Crippen LogP contribution in [0, 0.1) is 0 Å². The van der Waals surface area contributed by atoms with E-state index in [4.69, 9.17) is 4.74 Å². The van der Waals surface area contributed by atoms with Crippen LogP contribution in [0.3, 0.4) is 0 Å². The minimum Gasteiger partial charge on any atom is -0.494 e. The van der Waals surface area contributed by atoms with Crippen molar-refractivity contribution >= 4 is 28.3 Å². The highest BCUT2D eigenvalue weighted by Crippen LogP contribution is 2.33. The van der Waals surface area contributed by atoms with Gasteiger partial charge in [0.15, 0.2) is 0 Å². The van der Waals surface area contributed by atoms with Gasteiger partial charge in [0.05, 0.1) is 18.4 Å². The van der Waals surface area contributed by atoms with Gasteiger partial charge in [-0.1, -0.05) is 12.7 Å². The molecule has 8 heteroatoms. The largest absolute Gasteiger partial charge is 0.494 e. The number of pyridine rings is 1. The minimum absolute atomic E-state index is 0.185. The molecule has 2 N–H and O–H groups in total. The molecule has 3 rings (SSSR count). The second-order valence-corrected chi connectivity index (χ2v) is 7.02. The van der Waals surface area contributed by atoms with Gasteiger partial charge < -0.3 is 15.4 Å². The summed E-state index contributed by atoms with van der Waals surface area (Å²) in [7, 11) is 4.93. The van der Waals surface area contributed by atoms with Crippen LogP contribution < -0.4 is 15.4 Å². The number of aromatic nitrogens is 3. The highest BCUT2D eigenvalue weighted by Gasteiger charge is 2.13. The number of aliphatic imine (C=N–C) groups is 1. The monoisotopic (exact) mass is 430 g/mol. The highest BCUT2D eigenvalue weighted by atomic mass is 16.5. The van der Waals surface area contributed by atoms with Crippen LogP contribution in [0.5, 0.6) is 5.75 Å². The average Bonchev–Trinajstić information content (AvgIpc) is 2.84. The van der Waals surface area contributed by atoms with Crippen molar-refractivity contribution < 1.29 is 9.53 Å². The van der Waals surface area contributed by atoms with E-state index in [2.05, 4.69) is 37.2 Å². The molecule has 0 aliphatic rings. The average molecular weight is 431 g/mol. The number of amides is 1. The van der Waals surface area contributed by atoms with Gasteiger partial charge in [0.1, 0.15) is 23.4 Å². The third kappa shape index (κ3) is 5.15. The summed E-state index contributed by atoms with van der Waals surface area (Å²) in [4.78, 5) is 29.1. The maximum absolute atomic E-state index is 11.8. The molecular formula is C24H26N6O2. The van der Waals surface area contributed by atoms with Crippen LogP contribution in [-0.4, -0.2) is 54.3 Å². The molecule has 164 valence electrons. The van der Waals surface area contributed by atoms with Crippen molar-refractivity contribution in [3.63, 3.8) is 0 Å². The molecule has 1 aromatic carbocycles. The number of hydrogen-bond donors (Lipinski definition) is 2. The fourth-order valence-corrected chi connectivity index (χ4v) is 2.99. The number of fused-ring (bicyclic) bond motifs is 1. The topological polar surface area (TPSA) is 101 Å². The Morgan fingerprint density at radius 3 is 2.69 bits per heavy atom. The Bertz CT molecular complexity index is 1200. The molecular weight excluding hydrogens is 404 g/mol. The van der Waals surface area contributed by atoms with Gasteiger partial charge in [-0.25, -0.2) is 9.97 Å². The Kier molecular flexibility index (Phi) is 7.28. The summed E-state index contributed by atoms with van der Waals surface area (Å²) in [6.07, 6.45) is 6.87. The van der Waals surface area contributed by atoms with Crippen molar-refractivity contribution in [1.29, 1.82) is 0 Å². The van der Waals surface area contributed by atoms with E-state index in [-0.39, 0.29) is 5.91 Å². The summed E-state index contributed by atoms with van der Waals surface area (Å²) in [5, 5.41) is 6.70. The van der Waals surface area contributed by atoms with Crippen LogP contribution in [0.15, 0.2) is 66.1 Å². The first kappa shape index (κ1) is 22.6. The van der Waals surface area contributed by atoms with E-state index in [1.54, 1.807) is 39.5 Å². The van der Waals surface area contributed by atoms with E-state index in [1.807, 2.05) is 31.2 Å². The first-order valence-corrected chi connectivity index (χ1v) is 10.0. The number of hydrogen-bond acceptors (Lipinski definition) is 7. The lowest BCUT2D eigenvalue weighted by Gasteiger charge is -2.13. The maximum atomic E-state index is 11.8. The van der Waals surface area contributed by atoms with Crippen LogP contribution in [0.1, 0.15) is 17.3 Å². The first-order valence-electron chi connectivity index (χ1n) is 10.0. The molecule has 1 amide bonds. The van der Waals surface area contributed by atoms with Crippen molar-refractivity contribution in [3.8, 4) is 17.0 Å². The minimum atomic E-state index is -0.185. The van der Waals surface area contributed by atoms with Crippen molar-refractivity contribution in [3.05, 3.63) is 66.7 Å². The van der Waals surface area contributed by atoms with Crippen molar-refractivity contribution in [2.24, 2.45) is 4.99 Å². The number of benzene rings is 1. The smallest absolute Gasteiger partial charge is 0.252 e. The number of nitrogens with zero attached hydrogens (tertiary/aromatic N) is 4. The Labute approximate surface area is 187 Å². The molecule has 0 aliphatic heterocycles. The summed E-state index contributed by atoms with van der Waals surface area (Å²) in [6.45, 7) is 6.50. The van der Waals surface area contributed by atoms with Gasteiger partial charge in [-0.3, -0.25) is 14.8 Å². The Hall–Kier alpha value is -4.07. The second-order valence-electron chi connectivity index (χ2n) is 7.02. The van der Waals surface area contributed by atoms with E-state index in [9.17, 15) is 4.79 Å². The number of carbonyl (C=O) groups excluding carboxylic acids is 1. The fourth-order valence-electron chi connectivity index (χ4n) is 2.99. The molecule has 0 spiro atoms. The number of ether oxygens (including phenoxy) is 1. The standard InChI is InChI=1S/C24H26N6O2/c1-15(6-7-16(2)25-3)12-28-23-19-10-18(11-21(32-5)22(19)29-14-30-23)20-9-8-17(13-27-20)24(31)26-4/h6-11,13-14H,1,12H2,2-5H3,(H,26,31)(H,28,29,30)/b7-6-,25-16?. The zero-order valence-corrected chi connectivity index (χ0v) is 18.6. The third-order valence-corrected chi connectivity index (χ3v) is 4.87. The Balaban J connectivity index is 1.95. The molecule has 3 aromatic rings. The molecule has 0 fully saturated rings. The highest BCUT2D eigenvalue weighted by molar-refractivity contribution is 5.97. The van der Waals surface area contributed by atoms with Crippen LogP contribution in [-0.2, 0) is 0 Å². The van der Waals surface area contributed by atoms with Crippen molar-refractivity contribution in [2.45, 2.75) is 6.92 Å². The van der Waals surface area contributed by atoms with Crippen LogP contribution in [0.4, 0.5) is 5.82 Å². The summed E-state index contributed by atoms with van der Waals surface area (Å²) >= 11 is 0. The second kappa shape index (κ2) is 10.3. The van der Waals surface area contributed by atoms with E-state index >= 15 is 0 Å². The molecule has 0 bridgehead atoms. The van der Waals surface area contributed by atoms with E-state index < -0.39 is 0 Å². The first-order chi connectivity index (χ1) is 15.5. The fraction of sp³-hybridized carbons (Fsp3) is 0.208. The summed E-state index contributed by atoms with van der Waals surface area (Å²) in [5.41, 5.74) is 4.51. The molecule has 0 saturated carbocycles. The molecule has 0 aliphatic carbocycles. The van der Waals surface area contributed by atoms with E-state index in [0.29, 0.717) is 34.9 Å². The molecule has 2 aromatic heterocycles. The van der Waals surface area contributed by atoms with Crippen molar-refractivity contribution in [2.75, 3.05) is 33.1 Å². The van der Waals surface area contributed by atoms with E-state index in [1.165, 1.54) is 6.33 Å². The quantitative estimate of drug-likeness (QED) is 0.418. The van der Waals surface area contributed by atoms with Gasteiger partial charge in [-0.2, -0.15) is 0 Å². The zero-order valence-electron chi connectivity index (χ0n) is 18.6. The number of carbonyl (C=O) groups is 1. The molecule has 0 radical (unpaired) electrons. The SMILES string of the molecule is C=C(/C=C\C(C)=NC)CNc1ncnc2c(OC)cc(-c3ccc(C(=O)NC)cn3)cc12. The van der Waals surface area contributed by atoms with Gasteiger partial charge in [-0.15, -0.1) is 0 Å². The number of anilines is 1. The van der Waals surface area contributed by atoms with E-state index in [0.717, 1.165) is 22.2 Å². The molecule has 32 heavy (non-hydrogen) atoms.